The van der Waals surface area contributed by atoms with Gasteiger partial charge in [-0.15, -0.1) is 0 Å². The second kappa shape index (κ2) is 21.4. The number of piperidine rings is 2. The van der Waals surface area contributed by atoms with Crippen LogP contribution in [-0.4, -0.2) is 72.9 Å². The fourth-order valence-corrected chi connectivity index (χ4v) is 12.1. The van der Waals surface area contributed by atoms with Gasteiger partial charge in [-0.05, 0) is 75.1 Å². The van der Waals surface area contributed by atoms with Crippen molar-refractivity contribution in [2.75, 3.05) is 52.4 Å². The molecule has 5 aliphatic heterocycles. The van der Waals surface area contributed by atoms with Gasteiger partial charge in [0.05, 0.1) is 39.3 Å². The number of halogens is 2. The number of fused-ring (bicyclic) bond motifs is 11. The normalized spacial score (nSPS) is 31.4. The molecule has 2 unspecified atom stereocenters. The third kappa shape index (κ3) is 12.6. The summed E-state index contributed by atoms with van der Waals surface area (Å²) in [6, 6.07) is 16.3. The zero-order chi connectivity index (χ0) is 37.6. The van der Waals surface area contributed by atoms with Crippen LogP contribution in [0.15, 0.2) is 57.5 Å². The van der Waals surface area contributed by atoms with Crippen LogP contribution in [0.5, 0.6) is 0 Å². The molecule has 5 saturated heterocycles. The highest BCUT2D eigenvalue weighted by Crippen LogP contribution is 2.44. The maximum Gasteiger partial charge on any atom is 0.216 e. The summed E-state index contributed by atoms with van der Waals surface area (Å²) in [6.45, 7) is 8.31. The lowest BCUT2D eigenvalue weighted by Gasteiger charge is -2.53. The quantitative estimate of drug-likeness (QED) is 0.214. The molecular weight excluding hydrogens is 796 g/mol. The van der Waals surface area contributed by atoms with Crippen LogP contribution in [-0.2, 0) is 0 Å². The number of carbonyl (C=O) groups is 2. The number of Topliss-reactive ketones (excluding diaryl/α,β-unsaturated/α-hetero) is 2. The van der Waals surface area contributed by atoms with E-state index in [1.807, 2.05) is 48.5 Å². The number of rotatable bonds is 6. The van der Waals surface area contributed by atoms with E-state index in [-0.39, 0.29) is 0 Å². The molecule has 0 amide bonds. The van der Waals surface area contributed by atoms with E-state index in [0.717, 1.165) is 48.7 Å². The predicted octanol–water partition coefficient (Wildman–Crippen LogP) is 13.0. The van der Waals surface area contributed by atoms with Crippen molar-refractivity contribution in [2.45, 2.75) is 141 Å². The van der Waals surface area contributed by atoms with Gasteiger partial charge >= 0.3 is 0 Å². The molecule has 7 rings (SSSR count). The van der Waals surface area contributed by atoms with Gasteiger partial charge in [0.15, 0.2) is 0 Å². The maximum absolute atomic E-state index is 14.3. The molecule has 4 nitrogen and oxygen atoms in total. The molecule has 0 aromatic heterocycles. The zero-order valence-corrected chi connectivity index (χ0v) is 36.8. The van der Waals surface area contributed by atoms with Crippen LogP contribution in [0, 0.1) is 23.7 Å². The lowest BCUT2D eigenvalue weighted by atomic mass is 9.68. The lowest BCUT2D eigenvalue weighted by Crippen LogP contribution is -2.63. The molecule has 5 aliphatic rings. The molecule has 5 fully saturated rings. The average molecular weight is 869 g/mol. The van der Waals surface area contributed by atoms with Gasteiger partial charge in [0.1, 0.15) is 13.1 Å². The number of benzene rings is 2. The molecule has 6 heteroatoms. The van der Waals surface area contributed by atoms with Gasteiger partial charge in [0.2, 0.25) is 11.6 Å². The largest absolute Gasteiger partial charge is 0.317 e. The Bertz CT molecular complexity index is 1450. The van der Waals surface area contributed by atoms with Crippen molar-refractivity contribution < 1.29 is 18.6 Å². The van der Waals surface area contributed by atoms with E-state index in [0.29, 0.717) is 48.3 Å². The molecular formula is C48H72Br2N2O2+2. The van der Waals surface area contributed by atoms with Crippen LogP contribution in [0.2, 0.25) is 0 Å². The smallest absolute Gasteiger partial charge is 0.216 e. The number of hydrogen-bond acceptors (Lipinski definition) is 2. The van der Waals surface area contributed by atoms with Crippen molar-refractivity contribution in [3.8, 4) is 0 Å². The van der Waals surface area contributed by atoms with Crippen molar-refractivity contribution in [3.05, 3.63) is 68.6 Å². The van der Waals surface area contributed by atoms with Crippen molar-refractivity contribution >= 4 is 43.4 Å². The third-order valence-electron chi connectivity index (χ3n) is 14.4. The van der Waals surface area contributed by atoms with Gasteiger partial charge in [0, 0.05) is 44.2 Å². The van der Waals surface area contributed by atoms with Gasteiger partial charge in [0.25, 0.3) is 0 Å². The van der Waals surface area contributed by atoms with E-state index in [4.69, 9.17) is 0 Å². The van der Waals surface area contributed by atoms with Crippen LogP contribution in [0.1, 0.15) is 162 Å². The summed E-state index contributed by atoms with van der Waals surface area (Å²) >= 11 is 7.19. The van der Waals surface area contributed by atoms with Crippen molar-refractivity contribution in [1.29, 1.82) is 0 Å². The topological polar surface area (TPSA) is 34.1 Å². The van der Waals surface area contributed by atoms with E-state index >= 15 is 0 Å². The summed E-state index contributed by atoms with van der Waals surface area (Å²) in [4.78, 5) is 28.4. The van der Waals surface area contributed by atoms with Crippen LogP contribution in [0.25, 0.3) is 0 Å². The highest BCUT2D eigenvalue weighted by Gasteiger charge is 2.49. The molecule has 2 aromatic carbocycles. The molecule has 0 aliphatic carbocycles. The van der Waals surface area contributed by atoms with E-state index in [1.165, 1.54) is 161 Å². The first kappa shape index (κ1) is 42.3. The Balaban J connectivity index is 1.32. The minimum absolute atomic E-state index is 0.330. The molecule has 2 aromatic rings. The highest BCUT2D eigenvalue weighted by molar-refractivity contribution is 9.10. The summed E-state index contributed by atoms with van der Waals surface area (Å²) < 4.78 is 4.08. The summed E-state index contributed by atoms with van der Waals surface area (Å²) in [6.07, 6.45) is 29.4. The maximum atomic E-state index is 14.3. The van der Waals surface area contributed by atoms with Gasteiger partial charge in [-0.3, -0.25) is 9.59 Å². The second-order valence-electron chi connectivity index (χ2n) is 18.6. The SMILES string of the molecule is O=C(C[N+]12CCCCCCCCCC[C@H]3C[C@@H]4C[N+](CC(=O)c5ccc(Br)cc5)(CCCCCCCCCCCC[C@@H](C1)[C@@H]4CC2)C3)c1ccc(Br)cc1. The summed E-state index contributed by atoms with van der Waals surface area (Å²) in [7, 11) is 0. The summed E-state index contributed by atoms with van der Waals surface area (Å²) in [5.74, 6) is 3.41. The Labute approximate surface area is 346 Å². The molecule has 0 spiro atoms. The van der Waals surface area contributed by atoms with Crippen LogP contribution >= 0.6 is 31.9 Å². The monoisotopic (exact) mass is 866 g/mol. The van der Waals surface area contributed by atoms with Gasteiger partial charge in [-0.2, -0.15) is 0 Å². The van der Waals surface area contributed by atoms with Gasteiger partial charge in [-0.1, -0.05) is 146 Å². The second-order valence-corrected chi connectivity index (χ2v) is 20.4. The number of hydrogen-bond donors (Lipinski definition) is 0. The van der Waals surface area contributed by atoms with Crippen molar-refractivity contribution in [1.82, 2.24) is 0 Å². The van der Waals surface area contributed by atoms with Crippen LogP contribution < -0.4 is 0 Å². The van der Waals surface area contributed by atoms with Gasteiger partial charge in [-0.25, -0.2) is 0 Å². The predicted molar refractivity (Wildman–Crippen MR) is 232 cm³/mol. The minimum Gasteiger partial charge on any atom is -0.317 e. The van der Waals surface area contributed by atoms with E-state index in [1.54, 1.807) is 0 Å². The number of carbonyl (C=O) groups excluding carboxylic acids is 2. The van der Waals surface area contributed by atoms with Crippen LogP contribution in [0.4, 0.5) is 0 Å². The van der Waals surface area contributed by atoms with E-state index in [2.05, 4.69) is 31.9 Å². The molecule has 6 atom stereocenters. The Morgan fingerprint density at radius 1 is 0.463 bits per heavy atom. The lowest BCUT2D eigenvalue weighted by molar-refractivity contribution is -0.937. The van der Waals surface area contributed by atoms with Crippen molar-refractivity contribution in [2.24, 2.45) is 23.7 Å². The average Bonchev–Trinajstić information content (AvgIpc) is 3.16. The Kier molecular flexibility index (Phi) is 16.8. The fraction of sp³-hybridized carbons (Fsp3) is 0.708. The molecule has 6 bridgehead atoms. The van der Waals surface area contributed by atoms with E-state index in [9.17, 15) is 9.59 Å². The highest BCUT2D eigenvalue weighted by atomic mass is 79.9. The van der Waals surface area contributed by atoms with Crippen molar-refractivity contribution in [3.63, 3.8) is 0 Å². The first-order valence-electron chi connectivity index (χ1n) is 22.6. The molecule has 0 saturated carbocycles. The first-order valence-corrected chi connectivity index (χ1v) is 24.2. The summed E-state index contributed by atoms with van der Waals surface area (Å²) in [5, 5.41) is 0. The molecule has 0 radical (unpaired) electrons. The number of ketones is 2. The standard InChI is InChI=1S/C48H72Br2N2O2/c49-44-25-21-40(22-26-44)47(53)37-51-30-17-13-9-6-4-7-11-15-19-39-33-43-36-52(34-39,38-48(54)41-23-27-45(50)28-24-41)31-18-14-10-5-2-1-3-8-12-16-20-42(35-51)46(43)29-32-51/h21-28,39,42-43,46H,1-20,29-38H2/q+2/t39-,42-,43+,46-,51?,52?/m0/s1. The third-order valence-corrected chi connectivity index (χ3v) is 15.5. The minimum atomic E-state index is 0.330. The molecule has 54 heavy (non-hydrogen) atoms. The molecule has 5 heterocycles. The fourth-order valence-electron chi connectivity index (χ4n) is 11.6. The van der Waals surface area contributed by atoms with Gasteiger partial charge < -0.3 is 8.97 Å². The summed E-state index contributed by atoms with van der Waals surface area (Å²) in [5.41, 5.74) is 1.75. The Morgan fingerprint density at radius 3 is 1.43 bits per heavy atom. The molecule has 298 valence electrons. The Hall–Kier alpha value is -1.34. The van der Waals surface area contributed by atoms with Crippen LogP contribution in [0.3, 0.4) is 0 Å². The Morgan fingerprint density at radius 2 is 0.889 bits per heavy atom. The number of nitrogens with zero attached hydrogens (tertiary/aromatic N) is 2. The molecule has 0 N–H and O–H groups in total. The van der Waals surface area contributed by atoms with E-state index < -0.39 is 0 Å². The number of quaternary nitrogens is 2. The first-order chi connectivity index (χ1) is 26.3. The zero-order valence-electron chi connectivity index (χ0n) is 33.6.